The van der Waals surface area contributed by atoms with E-state index in [4.69, 9.17) is 17.3 Å². The summed E-state index contributed by atoms with van der Waals surface area (Å²) in [7, 11) is 0. The molecule has 0 amide bonds. The van der Waals surface area contributed by atoms with Gasteiger partial charge in [0.15, 0.2) is 0 Å². The third-order valence-corrected chi connectivity index (χ3v) is 2.92. The predicted octanol–water partition coefficient (Wildman–Crippen LogP) is 3.56. The van der Waals surface area contributed by atoms with Crippen LogP contribution in [0.2, 0.25) is 5.02 Å². The van der Waals surface area contributed by atoms with Gasteiger partial charge in [-0.25, -0.2) is 0 Å². The van der Waals surface area contributed by atoms with Crippen molar-refractivity contribution in [1.29, 1.82) is 0 Å². The lowest BCUT2D eigenvalue weighted by Gasteiger charge is -2.20. The third kappa shape index (κ3) is 5.73. The Morgan fingerprint density at radius 2 is 1.94 bits per heavy atom. The van der Waals surface area contributed by atoms with E-state index in [1.807, 2.05) is 18.2 Å². The molecule has 0 saturated carbocycles. The number of nitrogens with two attached hydrogens (primary N) is 1. The van der Waals surface area contributed by atoms with Gasteiger partial charge in [0.25, 0.3) is 0 Å². The lowest BCUT2D eigenvalue weighted by atomic mass is 9.96. The van der Waals surface area contributed by atoms with Crippen LogP contribution < -0.4 is 5.73 Å². The molecule has 0 aromatic heterocycles. The van der Waals surface area contributed by atoms with E-state index in [2.05, 4.69) is 13.8 Å². The molecule has 98 valence electrons. The molecule has 4 heteroatoms. The van der Waals surface area contributed by atoms with Gasteiger partial charge in [0, 0.05) is 5.02 Å². The molecule has 1 aromatic rings. The number of hydrogen-bond acceptors (Lipinski definition) is 2. The van der Waals surface area contributed by atoms with Crippen LogP contribution in [0, 0.1) is 5.92 Å². The minimum absolute atomic E-state index is 0. The van der Waals surface area contributed by atoms with Gasteiger partial charge in [-0.2, -0.15) is 0 Å². The van der Waals surface area contributed by atoms with E-state index in [1.54, 1.807) is 6.07 Å². The lowest BCUT2D eigenvalue weighted by Crippen LogP contribution is -2.26. The van der Waals surface area contributed by atoms with Crippen LogP contribution in [0.3, 0.4) is 0 Å². The van der Waals surface area contributed by atoms with E-state index >= 15 is 0 Å². The summed E-state index contributed by atoms with van der Waals surface area (Å²) in [6, 6.07) is 7.02. The maximum atomic E-state index is 9.94. The summed E-state index contributed by atoms with van der Waals surface area (Å²) in [5.74, 6) is 0.584. The van der Waals surface area contributed by atoms with E-state index in [0.717, 1.165) is 18.4 Å². The summed E-state index contributed by atoms with van der Waals surface area (Å²) in [6.07, 6.45) is 1.21. The standard InChI is InChI=1S/C13H20ClNO.ClH/c1-9(2)6-7-12(16)13(15)10-4-3-5-11(14)8-10;/h3-5,8-9,12-13,16H,6-7,15H2,1-2H3;1H/t12-,13+;/m0./s1. The quantitative estimate of drug-likeness (QED) is 0.865. The highest BCUT2D eigenvalue weighted by Gasteiger charge is 2.17. The van der Waals surface area contributed by atoms with Crippen molar-refractivity contribution in [3.8, 4) is 0 Å². The van der Waals surface area contributed by atoms with Crippen LogP contribution in [-0.2, 0) is 0 Å². The molecule has 0 aliphatic carbocycles. The fourth-order valence-electron chi connectivity index (χ4n) is 1.62. The van der Waals surface area contributed by atoms with Crippen LogP contribution in [-0.4, -0.2) is 11.2 Å². The zero-order valence-corrected chi connectivity index (χ0v) is 11.8. The van der Waals surface area contributed by atoms with Gasteiger partial charge in [0.1, 0.15) is 0 Å². The number of benzene rings is 1. The van der Waals surface area contributed by atoms with Gasteiger partial charge in [-0.1, -0.05) is 37.6 Å². The summed E-state index contributed by atoms with van der Waals surface area (Å²) in [5.41, 5.74) is 6.88. The second-order valence-electron chi connectivity index (χ2n) is 4.62. The van der Waals surface area contributed by atoms with Crippen LogP contribution in [0.25, 0.3) is 0 Å². The lowest BCUT2D eigenvalue weighted by molar-refractivity contribution is 0.128. The van der Waals surface area contributed by atoms with E-state index in [-0.39, 0.29) is 18.4 Å². The Labute approximate surface area is 115 Å². The van der Waals surface area contributed by atoms with Gasteiger partial charge in [0.05, 0.1) is 12.1 Å². The number of hydrogen-bond donors (Lipinski definition) is 2. The maximum absolute atomic E-state index is 9.94. The molecule has 2 nitrogen and oxygen atoms in total. The van der Waals surface area contributed by atoms with Crippen LogP contribution >= 0.6 is 24.0 Å². The van der Waals surface area contributed by atoms with Crippen molar-refractivity contribution in [2.45, 2.75) is 38.8 Å². The molecular formula is C13H21Cl2NO. The summed E-state index contributed by atoms with van der Waals surface area (Å²) in [6.45, 7) is 4.27. The molecule has 0 radical (unpaired) electrons. The Bertz CT molecular complexity index is 331. The number of halogens is 2. The summed E-state index contributed by atoms with van der Waals surface area (Å²) < 4.78 is 0. The molecular weight excluding hydrogens is 257 g/mol. The second kappa shape index (κ2) is 7.93. The summed E-state index contributed by atoms with van der Waals surface area (Å²) >= 11 is 5.88. The first-order valence-corrected chi connectivity index (χ1v) is 6.07. The van der Waals surface area contributed by atoms with Crippen LogP contribution in [0.15, 0.2) is 24.3 Å². The van der Waals surface area contributed by atoms with E-state index in [1.165, 1.54) is 0 Å². The molecule has 0 aliphatic heterocycles. The van der Waals surface area contributed by atoms with Crippen molar-refractivity contribution < 1.29 is 5.11 Å². The molecule has 1 aromatic carbocycles. The molecule has 0 fully saturated rings. The Hall–Kier alpha value is -0.280. The van der Waals surface area contributed by atoms with Crippen molar-refractivity contribution in [2.24, 2.45) is 11.7 Å². The van der Waals surface area contributed by atoms with Gasteiger partial charge in [0.2, 0.25) is 0 Å². The Kier molecular flexibility index (Phi) is 7.80. The average molecular weight is 278 g/mol. The predicted molar refractivity (Wildman–Crippen MR) is 75.7 cm³/mol. The van der Waals surface area contributed by atoms with Crippen molar-refractivity contribution in [1.82, 2.24) is 0 Å². The van der Waals surface area contributed by atoms with Crippen LogP contribution in [0.1, 0.15) is 38.3 Å². The van der Waals surface area contributed by atoms with Crippen LogP contribution in [0.5, 0.6) is 0 Å². The molecule has 17 heavy (non-hydrogen) atoms. The minimum Gasteiger partial charge on any atom is -0.391 e. The van der Waals surface area contributed by atoms with Gasteiger partial charge in [-0.15, -0.1) is 12.4 Å². The number of aliphatic hydroxyl groups excluding tert-OH is 1. The Morgan fingerprint density at radius 3 is 2.47 bits per heavy atom. The van der Waals surface area contributed by atoms with Crippen molar-refractivity contribution in [3.63, 3.8) is 0 Å². The molecule has 0 bridgehead atoms. The molecule has 0 spiro atoms. The first-order chi connectivity index (χ1) is 7.50. The van der Waals surface area contributed by atoms with Gasteiger partial charge in [-0.05, 0) is 36.5 Å². The summed E-state index contributed by atoms with van der Waals surface area (Å²) in [4.78, 5) is 0. The highest BCUT2D eigenvalue weighted by atomic mass is 35.5. The highest BCUT2D eigenvalue weighted by molar-refractivity contribution is 6.30. The SMILES string of the molecule is CC(C)CC[C@H](O)[C@H](N)c1cccc(Cl)c1.Cl. The fraction of sp³-hybridized carbons (Fsp3) is 0.538. The van der Waals surface area contributed by atoms with Crippen molar-refractivity contribution >= 4 is 24.0 Å². The van der Waals surface area contributed by atoms with Gasteiger partial charge >= 0.3 is 0 Å². The molecule has 3 N–H and O–H groups in total. The van der Waals surface area contributed by atoms with Gasteiger partial charge in [-0.3, -0.25) is 0 Å². The Morgan fingerprint density at radius 1 is 1.29 bits per heavy atom. The number of aliphatic hydroxyl groups is 1. The first-order valence-electron chi connectivity index (χ1n) is 5.70. The Balaban J connectivity index is 0.00000256. The van der Waals surface area contributed by atoms with E-state index < -0.39 is 6.10 Å². The van der Waals surface area contributed by atoms with Crippen molar-refractivity contribution in [3.05, 3.63) is 34.9 Å². The van der Waals surface area contributed by atoms with Gasteiger partial charge < -0.3 is 10.8 Å². The molecule has 0 saturated heterocycles. The minimum atomic E-state index is -0.499. The first kappa shape index (κ1) is 16.7. The fourth-order valence-corrected chi connectivity index (χ4v) is 1.82. The van der Waals surface area contributed by atoms with E-state index in [9.17, 15) is 5.11 Å². The third-order valence-electron chi connectivity index (χ3n) is 2.69. The van der Waals surface area contributed by atoms with E-state index in [0.29, 0.717) is 10.9 Å². The van der Waals surface area contributed by atoms with Crippen molar-refractivity contribution in [2.75, 3.05) is 0 Å². The molecule has 0 heterocycles. The monoisotopic (exact) mass is 277 g/mol. The second-order valence-corrected chi connectivity index (χ2v) is 5.06. The molecule has 0 aliphatic rings. The largest absolute Gasteiger partial charge is 0.391 e. The smallest absolute Gasteiger partial charge is 0.0732 e. The maximum Gasteiger partial charge on any atom is 0.0732 e. The highest BCUT2D eigenvalue weighted by Crippen LogP contribution is 2.21. The zero-order valence-electron chi connectivity index (χ0n) is 10.3. The summed E-state index contributed by atoms with van der Waals surface area (Å²) in [5, 5.41) is 10.6. The zero-order chi connectivity index (χ0) is 12.1. The topological polar surface area (TPSA) is 46.2 Å². The molecule has 1 rings (SSSR count). The molecule has 2 atom stereocenters. The van der Waals surface area contributed by atoms with Crippen LogP contribution in [0.4, 0.5) is 0 Å². The molecule has 0 unspecified atom stereocenters. The average Bonchev–Trinajstić information content (AvgIpc) is 2.24. The number of rotatable bonds is 5. The normalized spacial score (nSPS) is 14.2.